The number of halogens is 1. The van der Waals surface area contributed by atoms with Crippen molar-refractivity contribution in [1.29, 1.82) is 0 Å². The highest BCUT2D eigenvalue weighted by Crippen LogP contribution is 2.13. The fourth-order valence-electron chi connectivity index (χ4n) is 2.51. The number of benzene rings is 2. The Hall–Kier alpha value is -2.42. The quantitative estimate of drug-likeness (QED) is 0.364. The van der Waals surface area contributed by atoms with Gasteiger partial charge >= 0.3 is 0 Å². The minimum atomic E-state index is 0. The molecule has 0 fully saturated rings. The Labute approximate surface area is 164 Å². The Morgan fingerprint density at radius 3 is 2.40 bits per heavy atom. The molecule has 7 heteroatoms. The predicted octanol–water partition coefficient (Wildman–Crippen LogP) is 3.43. The van der Waals surface area contributed by atoms with Gasteiger partial charge in [0.15, 0.2) is 5.96 Å². The molecule has 0 spiro atoms. The van der Waals surface area contributed by atoms with Crippen LogP contribution in [0.15, 0.2) is 60.1 Å². The summed E-state index contributed by atoms with van der Waals surface area (Å²) in [6.07, 6.45) is 3.18. The summed E-state index contributed by atoms with van der Waals surface area (Å²) < 4.78 is 1.71. The number of hydrogen-bond donors (Lipinski definition) is 2. The summed E-state index contributed by atoms with van der Waals surface area (Å²) in [6, 6.07) is 14.2. The van der Waals surface area contributed by atoms with Crippen LogP contribution in [-0.4, -0.2) is 20.7 Å². The minimum absolute atomic E-state index is 0. The average molecular weight is 448 g/mol. The van der Waals surface area contributed by atoms with Crippen molar-refractivity contribution in [1.82, 2.24) is 14.8 Å². The Morgan fingerprint density at radius 1 is 1.12 bits per heavy atom. The predicted molar refractivity (Wildman–Crippen MR) is 112 cm³/mol. The molecule has 130 valence electrons. The second-order valence-corrected chi connectivity index (χ2v) is 5.71. The highest BCUT2D eigenvalue weighted by atomic mass is 127. The van der Waals surface area contributed by atoms with Crippen molar-refractivity contribution in [2.75, 3.05) is 5.32 Å². The Morgan fingerprint density at radius 2 is 1.80 bits per heavy atom. The van der Waals surface area contributed by atoms with E-state index in [1.54, 1.807) is 11.0 Å². The van der Waals surface area contributed by atoms with E-state index in [0.717, 1.165) is 16.9 Å². The third kappa shape index (κ3) is 5.28. The van der Waals surface area contributed by atoms with Crippen LogP contribution in [0.2, 0.25) is 0 Å². The number of aliphatic imine (C=N–C) groups is 1. The second kappa shape index (κ2) is 8.61. The molecule has 1 aromatic heterocycles. The molecule has 1 heterocycles. The number of aryl methyl sites for hydroxylation is 2. The lowest BCUT2D eigenvalue weighted by Crippen LogP contribution is -2.22. The first-order valence-electron chi connectivity index (χ1n) is 7.69. The highest BCUT2D eigenvalue weighted by Gasteiger charge is 2.00. The first kappa shape index (κ1) is 18.9. The Bertz CT molecular complexity index is 820. The molecule has 0 atom stereocenters. The number of nitrogens with zero attached hydrogens (tertiary/aromatic N) is 4. The molecule has 6 nitrogen and oxygen atoms in total. The van der Waals surface area contributed by atoms with Crippen LogP contribution in [0.3, 0.4) is 0 Å². The van der Waals surface area contributed by atoms with Gasteiger partial charge in [0.1, 0.15) is 12.7 Å². The fourth-order valence-corrected chi connectivity index (χ4v) is 2.51. The molecule has 0 aliphatic carbocycles. The van der Waals surface area contributed by atoms with Crippen LogP contribution in [0.25, 0.3) is 5.69 Å². The van der Waals surface area contributed by atoms with E-state index in [1.165, 1.54) is 17.5 Å². The minimum Gasteiger partial charge on any atom is -0.370 e. The molecule has 0 aliphatic rings. The lowest BCUT2D eigenvalue weighted by molar-refractivity contribution is 0.877. The van der Waals surface area contributed by atoms with Crippen LogP contribution in [0.4, 0.5) is 5.69 Å². The van der Waals surface area contributed by atoms with Gasteiger partial charge in [-0.2, -0.15) is 5.10 Å². The van der Waals surface area contributed by atoms with Crippen LogP contribution in [-0.2, 0) is 6.54 Å². The molecule has 3 rings (SSSR count). The van der Waals surface area contributed by atoms with Crippen molar-refractivity contribution in [2.24, 2.45) is 10.7 Å². The van der Waals surface area contributed by atoms with Gasteiger partial charge in [-0.25, -0.2) is 14.7 Å². The summed E-state index contributed by atoms with van der Waals surface area (Å²) in [5, 5.41) is 7.23. The van der Waals surface area contributed by atoms with Gasteiger partial charge in [0.25, 0.3) is 0 Å². The Kier molecular flexibility index (Phi) is 6.51. The number of aromatic nitrogens is 3. The van der Waals surface area contributed by atoms with E-state index in [2.05, 4.69) is 40.3 Å². The van der Waals surface area contributed by atoms with Gasteiger partial charge in [0.05, 0.1) is 12.2 Å². The molecule has 0 saturated carbocycles. The molecule has 0 radical (unpaired) electrons. The number of hydrogen-bond acceptors (Lipinski definition) is 3. The molecule has 0 aliphatic heterocycles. The summed E-state index contributed by atoms with van der Waals surface area (Å²) in [7, 11) is 0. The van der Waals surface area contributed by atoms with Crippen molar-refractivity contribution >= 4 is 35.6 Å². The normalized spacial score (nSPS) is 11.0. The largest absolute Gasteiger partial charge is 0.370 e. The lowest BCUT2D eigenvalue weighted by Gasteiger charge is -2.08. The zero-order valence-electron chi connectivity index (χ0n) is 14.2. The molecule has 0 bridgehead atoms. The maximum atomic E-state index is 5.98. The van der Waals surface area contributed by atoms with Gasteiger partial charge in [-0.05, 0) is 54.8 Å². The van der Waals surface area contributed by atoms with Gasteiger partial charge in [-0.1, -0.05) is 18.2 Å². The zero-order chi connectivity index (χ0) is 16.9. The number of anilines is 1. The van der Waals surface area contributed by atoms with Crippen LogP contribution >= 0.6 is 24.0 Å². The molecular formula is C18H21IN6. The molecule has 25 heavy (non-hydrogen) atoms. The van der Waals surface area contributed by atoms with Crippen molar-refractivity contribution < 1.29 is 0 Å². The van der Waals surface area contributed by atoms with E-state index in [0.29, 0.717) is 12.5 Å². The molecule has 3 aromatic rings. The maximum Gasteiger partial charge on any atom is 0.193 e. The van der Waals surface area contributed by atoms with Gasteiger partial charge in [0.2, 0.25) is 0 Å². The van der Waals surface area contributed by atoms with Gasteiger partial charge < -0.3 is 11.1 Å². The smallest absolute Gasteiger partial charge is 0.193 e. The first-order chi connectivity index (χ1) is 11.6. The summed E-state index contributed by atoms with van der Waals surface area (Å²) >= 11 is 0. The first-order valence-corrected chi connectivity index (χ1v) is 7.69. The van der Waals surface area contributed by atoms with Crippen LogP contribution in [0.1, 0.15) is 16.7 Å². The lowest BCUT2D eigenvalue weighted by atomic mass is 10.1. The second-order valence-electron chi connectivity index (χ2n) is 5.71. The summed E-state index contributed by atoms with van der Waals surface area (Å²) in [5.74, 6) is 0.403. The van der Waals surface area contributed by atoms with E-state index in [-0.39, 0.29) is 24.0 Å². The van der Waals surface area contributed by atoms with Crippen LogP contribution in [0.5, 0.6) is 0 Å². The average Bonchev–Trinajstić information content (AvgIpc) is 3.07. The van der Waals surface area contributed by atoms with E-state index in [4.69, 9.17) is 5.73 Å². The third-order valence-electron chi connectivity index (χ3n) is 3.55. The summed E-state index contributed by atoms with van der Waals surface area (Å²) in [5.41, 5.74) is 11.3. The van der Waals surface area contributed by atoms with Crippen molar-refractivity contribution in [3.63, 3.8) is 0 Å². The Balaban J connectivity index is 0.00000225. The molecule has 2 aromatic carbocycles. The van der Waals surface area contributed by atoms with Crippen LogP contribution in [0, 0.1) is 13.8 Å². The SMILES string of the molecule is Cc1cc(C)cc(NC(N)=NCc2ccc(-n3cncn3)cc2)c1.I. The molecule has 3 N–H and O–H groups in total. The highest BCUT2D eigenvalue weighted by molar-refractivity contribution is 14.0. The monoisotopic (exact) mass is 448 g/mol. The van der Waals surface area contributed by atoms with Crippen molar-refractivity contribution in [3.8, 4) is 5.69 Å². The molecule has 0 amide bonds. The third-order valence-corrected chi connectivity index (χ3v) is 3.55. The summed E-state index contributed by atoms with van der Waals surface area (Å²) in [6.45, 7) is 4.63. The van der Waals surface area contributed by atoms with Gasteiger partial charge in [-0.15, -0.1) is 24.0 Å². The summed E-state index contributed by atoms with van der Waals surface area (Å²) in [4.78, 5) is 8.33. The van der Waals surface area contributed by atoms with Gasteiger partial charge in [0, 0.05) is 5.69 Å². The van der Waals surface area contributed by atoms with E-state index in [9.17, 15) is 0 Å². The standard InChI is InChI=1S/C18H20N6.HI/c1-13-7-14(2)9-16(8-13)23-18(19)21-10-15-3-5-17(6-4-15)24-12-20-11-22-24;/h3-9,11-12H,10H2,1-2H3,(H3,19,21,23);1H. The topological polar surface area (TPSA) is 81.1 Å². The fraction of sp³-hybridized carbons (Fsp3) is 0.167. The molecule has 0 unspecified atom stereocenters. The number of nitrogens with two attached hydrogens (primary N) is 1. The molecular weight excluding hydrogens is 427 g/mol. The van der Waals surface area contributed by atoms with Crippen molar-refractivity contribution in [3.05, 3.63) is 71.8 Å². The number of guanidine groups is 1. The molecule has 0 saturated heterocycles. The zero-order valence-corrected chi connectivity index (χ0v) is 16.5. The van der Waals surface area contributed by atoms with Crippen molar-refractivity contribution in [2.45, 2.75) is 20.4 Å². The van der Waals surface area contributed by atoms with E-state index < -0.39 is 0 Å². The van der Waals surface area contributed by atoms with E-state index >= 15 is 0 Å². The number of nitrogens with one attached hydrogen (secondary N) is 1. The van der Waals surface area contributed by atoms with Gasteiger partial charge in [-0.3, -0.25) is 0 Å². The van der Waals surface area contributed by atoms with E-state index in [1.807, 2.05) is 36.4 Å². The van der Waals surface area contributed by atoms with Crippen LogP contribution < -0.4 is 11.1 Å². The maximum absolute atomic E-state index is 5.98. The number of rotatable bonds is 4.